The predicted octanol–water partition coefficient (Wildman–Crippen LogP) is 4.15. The largest absolute Gasteiger partial charge is 0.355 e. The van der Waals surface area contributed by atoms with E-state index in [9.17, 15) is 17.2 Å². The van der Waals surface area contributed by atoms with Crippen molar-refractivity contribution in [3.8, 4) is 22.5 Å². The molecule has 3 aromatic rings. The fraction of sp³-hybridized carbons (Fsp3) is 0.286. The van der Waals surface area contributed by atoms with E-state index in [-0.39, 0.29) is 16.5 Å². The third kappa shape index (κ3) is 4.52. The maximum absolute atomic E-state index is 14.5. The second kappa shape index (κ2) is 8.47. The lowest BCUT2D eigenvalue weighted by atomic mass is 10.0. The van der Waals surface area contributed by atoms with Crippen LogP contribution in [0, 0.1) is 11.6 Å². The average molecular weight is 465 g/mol. The smallest absolute Gasteiger partial charge is 0.150 e. The highest BCUT2D eigenvalue weighted by Gasteiger charge is 2.28. The van der Waals surface area contributed by atoms with Crippen LogP contribution in [0.4, 0.5) is 14.6 Å². The zero-order valence-corrected chi connectivity index (χ0v) is 18.2. The Morgan fingerprint density at radius 3 is 2.45 bits per heavy atom. The third-order valence-electron chi connectivity index (χ3n) is 5.35. The molecule has 0 N–H and O–H groups in total. The zero-order chi connectivity index (χ0) is 22.2. The molecule has 0 atom stereocenters. The van der Waals surface area contributed by atoms with E-state index in [1.807, 2.05) is 4.90 Å². The summed E-state index contributed by atoms with van der Waals surface area (Å²) in [5, 5.41) is -0.0630. The van der Waals surface area contributed by atoms with Crippen molar-refractivity contribution < 1.29 is 17.2 Å². The molecule has 10 heteroatoms. The first-order valence-corrected chi connectivity index (χ1v) is 11.9. The lowest BCUT2D eigenvalue weighted by Gasteiger charge is -2.32. The number of piperidine rings is 1. The van der Waals surface area contributed by atoms with Crippen molar-refractivity contribution in [2.24, 2.45) is 0 Å². The van der Waals surface area contributed by atoms with E-state index >= 15 is 0 Å². The molecule has 1 aliphatic heterocycles. The molecule has 162 valence electrons. The lowest BCUT2D eigenvalue weighted by Crippen LogP contribution is -2.39. The second-order valence-corrected chi connectivity index (χ2v) is 10.2. The summed E-state index contributed by atoms with van der Waals surface area (Å²) in [4.78, 5) is 15.0. The fourth-order valence-electron chi connectivity index (χ4n) is 3.68. The molecule has 0 unspecified atom stereocenters. The van der Waals surface area contributed by atoms with Crippen LogP contribution in [0.2, 0.25) is 5.02 Å². The summed E-state index contributed by atoms with van der Waals surface area (Å²) in [6, 6.07) is 4.90. The number of rotatable bonds is 4. The van der Waals surface area contributed by atoms with Crippen LogP contribution in [0.15, 0.2) is 42.9 Å². The van der Waals surface area contributed by atoms with Gasteiger partial charge < -0.3 is 4.90 Å². The van der Waals surface area contributed by atoms with Crippen LogP contribution in [0.5, 0.6) is 0 Å². The molecule has 0 spiro atoms. The van der Waals surface area contributed by atoms with Crippen LogP contribution in [0.1, 0.15) is 12.8 Å². The van der Waals surface area contributed by atoms with Gasteiger partial charge in [0, 0.05) is 48.9 Å². The Hall–Kier alpha value is -2.65. The number of halogens is 3. The first-order chi connectivity index (χ1) is 14.7. The van der Waals surface area contributed by atoms with Gasteiger partial charge in [-0.25, -0.2) is 27.2 Å². The van der Waals surface area contributed by atoms with Gasteiger partial charge in [-0.05, 0) is 31.0 Å². The third-order valence-corrected chi connectivity index (χ3v) is 7.33. The van der Waals surface area contributed by atoms with E-state index in [1.165, 1.54) is 30.9 Å². The van der Waals surface area contributed by atoms with Gasteiger partial charge in [-0.1, -0.05) is 11.6 Å². The molecule has 4 rings (SSSR count). The Balaban J connectivity index is 1.77. The summed E-state index contributed by atoms with van der Waals surface area (Å²) in [5.41, 5.74) is 1.16. The highest BCUT2D eigenvalue weighted by atomic mass is 35.5. The van der Waals surface area contributed by atoms with Gasteiger partial charge in [0.2, 0.25) is 0 Å². The Kier molecular flexibility index (Phi) is 5.90. The number of benzene rings is 1. The van der Waals surface area contributed by atoms with Crippen LogP contribution < -0.4 is 4.90 Å². The Morgan fingerprint density at radius 2 is 1.81 bits per heavy atom. The van der Waals surface area contributed by atoms with Crippen molar-refractivity contribution in [2.75, 3.05) is 24.2 Å². The first-order valence-electron chi connectivity index (χ1n) is 9.60. The SMILES string of the molecule is CS(=O)(=O)C1CCN(c2cnc(-c3ccc(F)cc3F)c(-c3ccncc3Cl)n2)CC1. The van der Waals surface area contributed by atoms with Gasteiger partial charge >= 0.3 is 0 Å². The Labute approximate surface area is 183 Å². The molecule has 0 radical (unpaired) electrons. The molecule has 0 saturated carbocycles. The van der Waals surface area contributed by atoms with Crippen molar-refractivity contribution >= 4 is 27.3 Å². The van der Waals surface area contributed by atoms with Gasteiger partial charge in [-0.3, -0.25) is 4.98 Å². The summed E-state index contributed by atoms with van der Waals surface area (Å²) >= 11 is 6.33. The molecular weight excluding hydrogens is 446 g/mol. The van der Waals surface area contributed by atoms with Crippen LogP contribution in [0.25, 0.3) is 22.5 Å². The van der Waals surface area contributed by atoms with E-state index in [0.29, 0.717) is 48.0 Å². The minimum absolute atomic E-state index is 0.0964. The monoisotopic (exact) mass is 464 g/mol. The van der Waals surface area contributed by atoms with Crippen molar-refractivity contribution in [1.29, 1.82) is 0 Å². The molecule has 1 aromatic carbocycles. The normalized spacial score (nSPS) is 15.3. The summed E-state index contributed by atoms with van der Waals surface area (Å²) in [6.45, 7) is 1.00. The minimum Gasteiger partial charge on any atom is -0.355 e. The number of hydrogen-bond acceptors (Lipinski definition) is 6. The quantitative estimate of drug-likeness (QED) is 0.577. The highest BCUT2D eigenvalue weighted by Crippen LogP contribution is 2.35. The van der Waals surface area contributed by atoms with Gasteiger partial charge in [-0.2, -0.15) is 0 Å². The van der Waals surface area contributed by atoms with Crippen molar-refractivity contribution in [2.45, 2.75) is 18.1 Å². The summed E-state index contributed by atoms with van der Waals surface area (Å²) in [7, 11) is -3.10. The molecule has 31 heavy (non-hydrogen) atoms. The molecular formula is C21H19ClF2N4O2S. The number of hydrogen-bond donors (Lipinski definition) is 0. The van der Waals surface area contributed by atoms with Crippen LogP contribution >= 0.6 is 11.6 Å². The van der Waals surface area contributed by atoms with Crippen LogP contribution in [0.3, 0.4) is 0 Å². The Bertz CT molecular complexity index is 1230. The number of nitrogens with zero attached hydrogens (tertiary/aromatic N) is 4. The van der Waals surface area contributed by atoms with Crippen molar-refractivity contribution in [3.05, 3.63) is 59.5 Å². The van der Waals surface area contributed by atoms with E-state index in [4.69, 9.17) is 16.6 Å². The van der Waals surface area contributed by atoms with Gasteiger partial charge in [0.05, 0.1) is 22.2 Å². The number of aromatic nitrogens is 3. The predicted molar refractivity (Wildman–Crippen MR) is 116 cm³/mol. The van der Waals surface area contributed by atoms with E-state index in [1.54, 1.807) is 6.07 Å². The maximum atomic E-state index is 14.5. The van der Waals surface area contributed by atoms with Crippen LogP contribution in [-0.2, 0) is 9.84 Å². The molecule has 1 fully saturated rings. The zero-order valence-electron chi connectivity index (χ0n) is 16.6. The second-order valence-electron chi connectivity index (χ2n) is 7.42. The maximum Gasteiger partial charge on any atom is 0.150 e. The highest BCUT2D eigenvalue weighted by molar-refractivity contribution is 7.91. The van der Waals surface area contributed by atoms with Crippen molar-refractivity contribution in [3.63, 3.8) is 0 Å². The van der Waals surface area contributed by atoms with E-state index < -0.39 is 21.5 Å². The molecule has 1 aliphatic rings. The summed E-state index contributed by atoms with van der Waals surface area (Å²) in [5.74, 6) is -0.924. The molecule has 0 aliphatic carbocycles. The molecule has 0 amide bonds. The Morgan fingerprint density at radius 1 is 1.06 bits per heavy atom. The van der Waals surface area contributed by atoms with Crippen LogP contribution in [-0.4, -0.2) is 48.0 Å². The number of anilines is 1. The lowest BCUT2D eigenvalue weighted by molar-refractivity contribution is 0.532. The van der Waals surface area contributed by atoms with Gasteiger partial charge in [-0.15, -0.1) is 0 Å². The number of pyridine rings is 1. The summed E-state index contributed by atoms with van der Waals surface area (Å²) < 4.78 is 51.6. The fourth-order valence-corrected chi connectivity index (χ4v) is 4.95. The average Bonchev–Trinajstić information content (AvgIpc) is 2.73. The molecule has 1 saturated heterocycles. The summed E-state index contributed by atoms with van der Waals surface area (Å²) in [6.07, 6.45) is 6.73. The topological polar surface area (TPSA) is 76.1 Å². The van der Waals surface area contributed by atoms with Gasteiger partial charge in [0.1, 0.15) is 33.0 Å². The van der Waals surface area contributed by atoms with E-state index in [0.717, 1.165) is 12.1 Å². The standard InChI is InChI=1S/C21H19ClF2N4O2S/c1-31(29,30)14-5-8-28(9-6-14)19-12-26-20(16-3-2-13(23)10-18(16)24)21(27-19)15-4-7-25-11-17(15)22/h2-4,7,10-12,14H,5-6,8-9H2,1H3. The molecule has 6 nitrogen and oxygen atoms in total. The first kappa shape index (κ1) is 21.6. The molecule has 2 aromatic heterocycles. The van der Waals surface area contributed by atoms with Gasteiger partial charge in [0.15, 0.2) is 0 Å². The number of sulfone groups is 1. The molecule has 0 bridgehead atoms. The molecule has 3 heterocycles. The van der Waals surface area contributed by atoms with E-state index in [2.05, 4.69) is 9.97 Å². The van der Waals surface area contributed by atoms with Crippen molar-refractivity contribution in [1.82, 2.24) is 15.0 Å². The van der Waals surface area contributed by atoms with Gasteiger partial charge in [0.25, 0.3) is 0 Å². The minimum atomic E-state index is -3.10.